The maximum absolute atomic E-state index is 5.53. The third-order valence-electron chi connectivity index (χ3n) is 3.97. The molecule has 3 nitrogen and oxygen atoms in total. The van der Waals surface area contributed by atoms with Crippen LogP contribution in [-0.4, -0.2) is 38.3 Å². The molecule has 0 amide bonds. The highest BCUT2D eigenvalue weighted by Gasteiger charge is 2.29. The summed E-state index contributed by atoms with van der Waals surface area (Å²) < 4.78 is 10.9. The summed E-state index contributed by atoms with van der Waals surface area (Å²) in [6.45, 7) is 6.66. The van der Waals surface area contributed by atoms with E-state index in [2.05, 4.69) is 24.8 Å². The second-order valence-corrected chi connectivity index (χ2v) is 4.72. The highest BCUT2D eigenvalue weighted by molar-refractivity contribution is 8.93. The molecule has 0 spiro atoms. The molecule has 0 heterocycles. The van der Waals surface area contributed by atoms with Gasteiger partial charge in [-0.1, -0.05) is 19.9 Å². The fourth-order valence-corrected chi connectivity index (χ4v) is 3.01. The fraction of sp³-hybridized carbons (Fsp3) is 0.600. The first-order valence-electron chi connectivity index (χ1n) is 6.71. The highest BCUT2D eigenvalue weighted by Crippen LogP contribution is 2.39. The quantitative estimate of drug-likeness (QED) is 0.828. The third-order valence-corrected chi connectivity index (χ3v) is 3.97. The summed E-state index contributed by atoms with van der Waals surface area (Å²) in [5.74, 6) is 1.76. The van der Waals surface area contributed by atoms with Crippen molar-refractivity contribution in [1.82, 2.24) is 4.90 Å². The van der Waals surface area contributed by atoms with E-state index in [1.54, 1.807) is 14.2 Å². The molecule has 1 unspecified atom stereocenters. The van der Waals surface area contributed by atoms with Gasteiger partial charge in [-0.05, 0) is 37.6 Å². The van der Waals surface area contributed by atoms with Crippen LogP contribution >= 0.6 is 17.0 Å². The molecule has 0 bridgehead atoms. The van der Waals surface area contributed by atoms with Crippen LogP contribution in [0.25, 0.3) is 0 Å². The normalized spacial score (nSPS) is 17.0. The average molecular weight is 330 g/mol. The molecule has 0 aromatic heterocycles. The molecular formula is C15H24BrNO2. The Balaban J connectivity index is 0.00000180. The van der Waals surface area contributed by atoms with Crippen LogP contribution in [0.15, 0.2) is 12.1 Å². The summed E-state index contributed by atoms with van der Waals surface area (Å²) >= 11 is 0. The van der Waals surface area contributed by atoms with Crippen LogP contribution in [0.2, 0.25) is 0 Å². The number of nitrogens with zero attached hydrogens (tertiary/aromatic N) is 1. The number of fused-ring (bicyclic) bond motifs is 1. The van der Waals surface area contributed by atoms with Crippen molar-refractivity contribution in [2.24, 2.45) is 0 Å². The van der Waals surface area contributed by atoms with Gasteiger partial charge in [-0.15, -0.1) is 17.0 Å². The minimum atomic E-state index is 0. The minimum Gasteiger partial charge on any atom is -0.493 e. The summed E-state index contributed by atoms with van der Waals surface area (Å²) in [6.07, 6.45) is 2.19. The number of methoxy groups -OCH3 is 2. The van der Waals surface area contributed by atoms with E-state index < -0.39 is 0 Å². The maximum atomic E-state index is 5.53. The molecule has 0 radical (unpaired) electrons. The SMILES string of the molecule is Br.CCN(CC)C1Cc2ccc(OC)c(OC)c2C1. The molecule has 1 atom stereocenters. The van der Waals surface area contributed by atoms with Gasteiger partial charge in [0, 0.05) is 11.6 Å². The van der Waals surface area contributed by atoms with Gasteiger partial charge >= 0.3 is 0 Å². The second kappa shape index (κ2) is 7.15. The number of hydrogen-bond acceptors (Lipinski definition) is 3. The Labute approximate surface area is 126 Å². The van der Waals surface area contributed by atoms with Crippen molar-refractivity contribution >= 4 is 17.0 Å². The molecule has 0 fully saturated rings. The van der Waals surface area contributed by atoms with Crippen LogP contribution < -0.4 is 9.47 Å². The molecule has 0 N–H and O–H groups in total. The van der Waals surface area contributed by atoms with Gasteiger partial charge in [-0.25, -0.2) is 0 Å². The standard InChI is InChI=1S/C15H23NO2.BrH/c1-5-16(6-2)12-9-11-7-8-14(17-3)15(18-4)13(11)10-12;/h7-8,12H,5-6,9-10H2,1-4H3;1H. The van der Waals surface area contributed by atoms with Gasteiger partial charge in [0.15, 0.2) is 11.5 Å². The van der Waals surface area contributed by atoms with Crippen molar-refractivity contribution in [3.8, 4) is 11.5 Å². The fourth-order valence-electron chi connectivity index (χ4n) is 3.01. The van der Waals surface area contributed by atoms with Crippen molar-refractivity contribution < 1.29 is 9.47 Å². The topological polar surface area (TPSA) is 21.7 Å². The van der Waals surface area contributed by atoms with Crippen LogP contribution in [0, 0.1) is 0 Å². The van der Waals surface area contributed by atoms with Gasteiger partial charge < -0.3 is 14.4 Å². The number of hydrogen-bond donors (Lipinski definition) is 0. The molecule has 2 rings (SSSR count). The summed E-state index contributed by atoms with van der Waals surface area (Å²) in [5.41, 5.74) is 2.73. The Morgan fingerprint density at radius 2 is 1.79 bits per heavy atom. The lowest BCUT2D eigenvalue weighted by atomic mass is 10.1. The van der Waals surface area contributed by atoms with E-state index in [0.29, 0.717) is 6.04 Å². The van der Waals surface area contributed by atoms with Gasteiger partial charge in [-0.2, -0.15) is 0 Å². The van der Waals surface area contributed by atoms with Gasteiger partial charge in [0.25, 0.3) is 0 Å². The van der Waals surface area contributed by atoms with Crippen molar-refractivity contribution in [1.29, 1.82) is 0 Å². The van der Waals surface area contributed by atoms with Crippen molar-refractivity contribution in [2.75, 3.05) is 27.3 Å². The molecule has 19 heavy (non-hydrogen) atoms. The summed E-state index contributed by atoms with van der Waals surface area (Å²) in [6, 6.07) is 4.80. The first-order valence-corrected chi connectivity index (χ1v) is 6.71. The van der Waals surface area contributed by atoms with E-state index in [9.17, 15) is 0 Å². The van der Waals surface area contributed by atoms with E-state index in [0.717, 1.165) is 37.4 Å². The lowest BCUT2D eigenvalue weighted by Gasteiger charge is -2.25. The van der Waals surface area contributed by atoms with Gasteiger partial charge in [-0.3, -0.25) is 0 Å². The van der Waals surface area contributed by atoms with Crippen LogP contribution in [-0.2, 0) is 12.8 Å². The molecule has 108 valence electrons. The van der Waals surface area contributed by atoms with E-state index in [-0.39, 0.29) is 17.0 Å². The van der Waals surface area contributed by atoms with Gasteiger partial charge in [0.2, 0.25) is 0 Å². The highest BCUT2D eigenvalue weighted by atomic mass is 79.9. The molecule has 0 saturated heterocycles. The number of benzene rings is 1. The Bertz CT molecular complexity index is 419. The van der Waals surface area contributed by atoms with Gasteiger partial charge in [0.1, 0.15) is 0 Å². The van der Waals surface area contributed by atoms with Crippen molar-refractivity contribution in [3.05, 3.63) is 23.3 Å². The molecule has 1 aromatic rings. The lowest BCUT2D eigenvalue weighted by molar-refractivity contribution is 0.223. The first kappa shape index (κ1) is 16.3. The first-order chi connectivity index (χ1) is 8.74. The van der Waals surface area contributed by atoms with Crippen LogP contribution in [0.4, 0.5) is 0 Å². The average Bonchev–Trinajstić information content (AvgIpc) is 2.82. The predicted molar refractivity (Wildman–Crippen MR) is 84.0 cm³/mol. The molecule has 1 aromatic carbocycles. The summed E-state index contributed by atoms with van der Waals surface area (Å²) in [7, 11) is 3.42. The van der Waals surface area contributed by atoms with Crippen LogP contribution in [0.1, 0.15) is 25.0 Å². The lowest BCUT2D eigenvalue weighted by Crippen LogP contribution is -2.35. The van der Waals surface area contributed by atoms with Gasteiger partial charge in [0.05, 0.1) is 14.2 Å². The Kier molecular flexibility index (Phi) is 6.14. The summed E-state index contributed by atoms with van der Waals surface area (Å²) in [5, 5.41) is 0. The smallest absolute Gasteiger partial charge is 0.164 e. The van der Waals surface area contributed by atoms with E-state index in [4.69, 9.17) is 9.47 Å². The minimum absolute atomic E-state index is 0. The maximum Gasteiger partial charge on any atom is 0.164 e. The number of rotatable bonds is 5. The Hall–Kier alpha value is -0.740. The molecule has 1 aliphatic rings. The monoisotopic (exact) mass is 329 g/mol. The predicted octanol–water partition coefficient (Wildman–Crippen LogP) is 3.09. The zero-order valence-electron chi connectivity index (χ0n) is 12.2. The third kappa shape index (κ3) is 3.06. The zero-order chi connectivity index (χ0) is 13.1. The zero-order valence-corrected chi connectivity index (χ0v) is 13.9. The number of ether oxygens (including phenoxy) is 2. The summed E-state index contributed by atoms with van der Waals surface area (Å²) in [4.78, 5) is 2.52. The van der Waals surface area contributed by atoms with E-state index >= 15 is 0 Å². The molecule has 4 heteroatoms. The van der Waals surface area contributed by atoms with E-state index in [1.165, 1.54) is 11.1 Å². The molecular weight excluding hydrogens is 306 g/mol. The van der Waals surface area contributed by atoms with Crippen LogP contribution in [0.5, 0.6) is 11.5 Å². The number of halogens is 1. The van der Waals surface area contributed by atoms with Crippen LogP contribution in [0.3, 0.4) is 0 Å². The molecule has 1 aliphatic carbocycles. The number of likely N-dealkylation sites (N-methyl/N-ethyl adjacent to an activating group) is 1. The van der Waals surface area contributed by atoms with Crippen molar-refractivity contribution in [3.63, 3.8) is 0 Å². The Morgan fingerprint density at radius 1 is 1.11 bits per heavy atom. The second-order valence-electron chi connectivity index (χ2n) is 4.72. The molecule has 0 saturated carbocycles. The Morgan fingerprint density at radius 3 is 2.32 bits per heavy atom. The van der Waals surface area contributed by atoms with Crippen molar-refractivity contribution in [2.45, 2.75) is 32.7 Å². The molecule has 0 aliphatic heterocycles. The largest absolute Gasteiger partial charge is 0.493 e. The van der Waals surface area contributed by atoms with E-state index in [1.807, 2.05) is 6.07 Å².